The minimum Gasteiger partial charge on any atom is -0.377 e. The molecule has 1 N–H and O–H groups in total. The van der Waals surface area contributed by atoms with Crippen LogP contribution in [-0.2, 0) is 17.6 Å². The Morgan fingerprint density at radius 3 is 2.91 bits per heavy atom. The number of anilines is 1. The molecule has 2 aromatic heterocycles. The van der Waals surface area contributed by atoms with Crippen molar-refractivity contribution in [1.82, 2.24) is 19.7 Å². The van der Waals surface area contributed by atoms with Crippen LogP contribution >= 0.6 is 15.9 Å². The van der Waals surface area contributed by atoms with Gasteiger partial charge in [0.25, 0.3) is 5.56 Å². The fourth-order valence-corrected chi connectivity index (χ4v) is 3.33. The number of halogens is 1. The van der Waals surface area contributed by atoms with E-state index in [1.165, 1.54) is 0 Å². The molecule has 2 unspecified atom stereocenters. The number of aryl methyl sites for hydroxylation is 2. The second-order valence-electron chi connectivity index (χ2n) is 5.83. The summed E-state index contributed by atoms with van der Waals surface area (Å²) in [4.78, 5) is 20.8. The third-order valence-electron chi connectivity index (χ3n) is 4.28. The van der Waals surface area contributed by atoms with Gasteiger partial charge in [-0.05, 0) is 40.8 Å². The van der Waals surface area contributed by atoms with Crippen LogP contribution in [0.15, 0.2) is 27.7 Å². The molecule has 120 valence electrons. The van der Waals surface area contributed by atoms with Crippen LogP contribution in [0.3, 0.4) is 0 Å². The third-order valence-corrected chi connectivity index (χ3v) is 4.69. The van der Waals surface area contributed by atoms with E-state index >= 15 is 0 Å². The lowest BCUT2D eigenvalue weighted by Gasteiger charge is -2.20. The van der Waals surface area contributed by atoms with Crippen LogP contribution in [0.1, 0.15) is 23.7 Å². The molecule has 0 bridgehead atoms. The third kappa shape index (κ3) is 2.88. The monoisotopic (exact) mass is 377 g/mol. The normalized spacial score (nSPS) is 23.0. The molecule has 1 aliphatic carbocycles. The quantitative estimate of drug-likeness (QED) is 0.868. The summed E-state index contributed by atoms with van der Waals surface area (Å²) in [6.07, 6.45) is 6.33. The van der Waals surface area contributed by atoms with Gasteiger partial charge in [-0.3, -0.25) is 4.79 Å². The van der Waals surface area contributed by atoms with Crippen LogP contribution in [0, 0.1) is 0 Å². The standard InChI is InChI=1S/C15H16BrN5O2/c16-10-5-17-15(18-6-10)19-12-7-23-8-13(12)21-14(22)4-9-2-1-3-11(9)20-21/h4-6,12-13H,1-3,7-8H2,(H,17,18,19). The molecule has 1 fully saturated rings. The second kappa shape index (κ2) is 6.01. The van der Waals surface area contributed by atoms with Gasteiger partial charge in [-0.25, -0.2) is 14.6 Å². The molecule has 0 amide bonds. The first-order valence-electron chi connectivity index (χ1n) is 7.64. The maximum absolute atomic E-state index is 12.4. The molecule has 0 radical (unpaired) electrons. The highest BCUT2D eigenvalue weighted by atomic mass is 79.9. The predicted molar refractivity (Wildman–Crippen MR) is 87.5 cm³/mol. The largest absolute Gasteiger partial charge is 0.377 e. The van der Waals surface area contributed by atoms with Crippen LogP contribution in [0.2, 0.25) is 0 Å². The van der Waals surface area contributed by atoms with Crippen molar-refractivity contribution in [3.05, 3.63) is 44.5 Å². The van der Waals surface area contributed by atoms with E-state index in [4.69, 9.17) is 4.74 Å². The number of hydrogen-bond acceptors (Lipinski definition) is 6. The summed E-state index contributed by atoms with van der Waals surface area (Å²) in [5.74, 6) is 0.517. The van der Waals surface area contributed by atoms with Gasteiger partial charge in [-0.15, -0.1) is 0 Å². The summed E-state index contributed by atoms with van der Waals surface area (Å²) in [7, 11) is 0. The highest BCUT2D eigenvalue weighted by Crippen LogP contribution is 2.23. The van der Waals surface area contributed by atoms with Gasteiger partial charge in [0.05, 0.1) is 29.4 Å². The number of hydrogen-bond donors (Lipinski definition) is 1. The van der Waals surface area contributed by atoms with Crippen molar-refractivity contribution in [2.45, 2.75) is 31.3 Å². The molecule has 7 nitrogen and oxygen atoms in total. The summed E-state index contributed by atoms with van der Waals surface area (Å²) in [5, 5.41) is 7.82. The lowest BCUT2D eigenvalue weighted by Crippen LogP contribution is -2.38. The summed E-state index contributed by atoms with van der Waals surface area (Å²) in [6.45, 7) is 0.954. The van der Waals surface area contributed by atoms with Crippen molar-refractivity contribution >= 4 is 21.9 Å². The Bertz CT molecular complexity index is 776. The molecule has 3 heterocycles. The molecule has 2 aliphatic rings. The van der Waals surface area contributed by atoms with E-state index in [1.807, 2.05) is 0 Å². The Morgan fingerprint density at radius 1 is 1.26 bits per heavy atom. The molecule has 4 rings (SSSR count). The van der Waals surface area contributed by atoms with E-state index in [0.29, 0.717) is 19.2 Å². The number of ether oxygens (including phenoxy) is 1. The average Bonchev–Trinajstić information content (AvgIpc) is 3.17. The summed E-state index contributed by atoms with van der Waals surface area (Å²) >= 11 is 3.31. The van der Waals surface area contributed by atoms with Crippen molar-refractivity contribution in [2.75, 3.05) is 18.5 Å². The van der Waals surface area contributed by atoms with Gasteiger partial charge in [0.15, 0.2) is 0 Å². The summed E-state index contributed by atoms with van der Waals surface area (Å²) in [6, 6.07) is 1.49. The molecular weight excluding hydrogens is 362 g/mol. The lowest BCUT2D eigenvalue weighted by atomic mass is 10.1. The Morgan fingerprint density at radius 2 is 2.09 bits per heavy atom. The first kappa shape index (κ1) is 14.8. The molecule has 0 spiro atoms. The average molecular weight is 378 g/mol. The molecule has 1 aliphatic heterocycles. The number of nitrogens with zero attached hydrogens (tertiary/aromatic N) is 4. The molecule has 23 heavy (non-hydrogen) atoms. The van der Waals surface area contributed by atoms with E-state index in [1.54, 1.807) is 23.1 Å². The Balaban J connectivity index is 1.60. The molecule has 2 atom stereocenters. The first-order chi connectivity index (χ1) is 11.2. The molecular formula is C15H16BrN5O2. The maximum Gasteiger partial charge on any atom is 0.267 e. The van der Waals surface area contributed by atoms with Crippen LogP contribution < -0.4 is 10.9 Å². The van der Waals surface area contributed by atoms with Crippen molar-refractivity contribution < 1.29 is 4.74 Å². The molecule has 0 saturated carbocycles. The predicted octanol–water partition coefficient (Wildman–Crippen LogP) is 1.34. The van der Waals surface area contributed by atoms with Crippen LogP contribution in [0.4, 0.5) is 5.95 Å². The molecule has 0 aromatic carbocycles. The number of fused-ring (bicyclic) bond motifs is 1. The second-order valence-corrected chi connectivity index (χ2v) is 6.75. The number of aromatic nitrogens is 4. The van der Waals surface area contributed by atoms with Gasteiger partial charge in [-0.1, -0.05) is 0 Å². The van der Waals surface area contributed by atoms with Gasteiger partial charge in [0.2, 0.25) is 5.95 Å². The van der Waals surface area contributed by atoms with Gasteiger partial charge >= 0.3 is 0 Å². The molecule has 2 aromatic rings. The first-order valence-corrected chi connectivity index (χ1v) is 8.43. The minimum absolute atomic E-state index is 0.0651. The fraction of sp³-hybridized carbons (Fsp3) is 0.467. The van der Waals surface area contributed by atoms with Crippen LogP contribution in [-0.4, -0.2) is 39.0 Å². The number of nitrogens with one attached hydrogen (secondary N) is 1. The zero-order valence-corrected chi connectivity index (χ0v) is 14.0. The molecule has 1 saturated heterocycles. The zero-order chi connectivity index (χ0) is 15.8. The highest BCUT2D eigenvalue weighted by Gasteiger charge is 2.32. The smallest absolute Gasteiger partial charge is 0.267 e. The van der Waals surface area contributed by atoms with Crippen molar-refractivity contribution in [1.29, 1.82) is 0 Å². The summed E-state index contributed by atoms with van der Waals surface area (Å²) < 4.78 is 7.95. The van der Waals surface area contributed by atoms with Crippen LogP contribution in [0.25, 0.3) is 0 Å². The van der Waals surface area contributed by atoms with Gasteiger partial charge in [0.1, 0.15) is 6.04 Å². The highest BCUT2D eigenvalue weighted by molar-refractivity contribution is 9.10. The van der Waals surface area contributed by atoms with E-state index in [-0.39, 0.29) is 17.6 Å². The van der Waals surface area contributed by atoms with E-state index in [0.717, 1.165) is 35.0 Å². The fourth-order valence-electron chi connectivity index (χ4n) is 3.13. The Labute approximate surface area is 141 Å². The van der Waals surface area contributed by atoms with Crippen molar-refractivity contribution in [3.63, 3.8) is 0 Å². The summed E-state index contributed by atoms with van der Waals surface area (Å²) in [5.41, 5.74) is 2.06. The minimum atomic E-state index is -0.152. The zero-order valence-electron chi connectivity index (χ0n) is 12.4. The van der Waals surface area contributed by atoms with Gasteiger partial charge in [0, 0.05) is 18.5 Å². The van der Waals surface area contributed by atoms with Crippen LogP contribution in [0.5, 0.6) is 0 Å². The van der Waals surface area contributed by atoms with Gasteiger partial charge in [-0.2, -0.15) is 5.10 Å². The van der Waals surface area contributed by atoms with Crippen molar-refractivity contribution in [2.24, 2.45) is 0 Å². The topological polar surface area (TPSA) is 81.9 Å². The Hall–Kier alpha value is -1.80. The van der Waals surface area contributed by atoms with Crippen molar-refractivity contribution in [3.8, 4) is 0 Å². The SMILES string of the molecule is O=c1cc2c(nn1C1COCC1Nc1ncc(Br)cn1)CCC2. The Kier molecular flexibility index (Phi) is 3.86. The maximum atomic E-state index is 12.4. The van der Waals surface area contributed by atoms with E-state index < -0.39 is 0 Å². The molecule has 8 heteroatoms. The lowest BCUT2D eigenvalue weighted by molar-refractivity contribution is 0.182. The van der Waals surface area contributed by atoms with E-state index in [2.05, 4.69) is 36.3 Å². The van der Waals surface area contributed by atoms with Gasteiger partial charge < -0.3 is 10.1 Å². The van der Waals surface area contributed by atoms with E-state index in [9.17, 15) is 4.79 Å². The number of rotatable bonds is 3.